The zero-order chi connectivity index (χ0) is 18.3. The van der Waals surface area contributed by atoms with Crippen LogP contribution in [0.25, 0.3) is 0 Å². The summed E-state index contributed by atoms with van der Waals surface area (Å²) in [5, 5.41) is 0. The van der Waals surface area contributed by atoms with E-state index in [2.05, 4.69) is 37.1 Å². The summed E-state index contributed by atoms with van der Waals surface area (Å²) >= 11 is 0. The summed E-state index contributed by atoms with van der Waals surface area (Å²) in [7, 11) is 2.17. The van der Waals surface area contributed by atoms with Gasteiger partial charge in [0.25, 0.3) is 5.91 Å². The molecule has 0 radical (unpaired) electrons. The van der Waals surface area contributed by atoms with Crippen molar-refractivity contribution in [3.8, 4) is 5.75 Å². The van der Waals surface area contributed by atoms with Gasteiger partial charge in [-0.1, -0.05) is 17.7 Å². The summed E-state index contributed by atoms with van der Waals surface area (Å²) in [5.74, 6) is 1.30. The fourth-order valence-electron chi connectivity index (χ4n) is 4.35. The molecule has 1 amide bonds. The molecular weight excluding hydrogens is 324 g/mol. The molecule has 136 valence electrons. The molecule has 0 N–H and O–H groups in total. The van der Waals surface area contributed by atoms with Crippen LogP contribution in [0, 0.1) is 6.92 Å². The quantitative estimate of drug-likeness (QED) is 0.843. The minimum absolute atomic E-state index is 0.0928. The van der Waals surface area contributed by atoms with Crippen molar-refractivity contribution in [2.45, 2.75) is 32.2 Å². The molecule has 0 aliphatic carbocycles. The summed E-state index contributed by atoms with van der Waals surface area (Å²) < 4.78 is 5.50. The number of ether oxygens (including phenoxy) is 1. The highest BCUT2D eigenvalue weighted by Crippen LogP contribution is 2.45. The van der Waals surface area contributed by atoms with Gasteiger partial charge in [-0.3, -0.25) is 4.79 Å². The molecule has 4 nitrogen and oxygen atoms in total. The number of nitrogens with zero attached hydrogens (tertiary/aromatic N) is 2. The Morgan fingerprint density at radius 3 is 2.69 bits per heavy atom. The maximum Gasteiger partial charge on any atom is 0.258 e. The number of aryl methyl sites for hydroxylation is 1. The number of amides is 1. The van der Waals surface area contributed by atoms with Crippen LogP contribution in [0.15, 0.2) is 42.5 Å². The van der Waals surface area contributed by atoms with Gasteiger partial charge in [0.15, 0.2) is 0 Å². The fraction of sp³-hybridized carbons (Fsp3) is 0.409. The Kier molecular flexibility index (Phi) is 4.45. The summed E-state index contributed by atoms with van der Waals surface area (Å²) in [6, 6.07) is 14.3. The highest BCUT2D eigenvalue weighted by Gasteiger charge is 2.44. The van der Waals surface area contributed by atoms with E-state index in [1.165, 1.54) is 11.1 Å². The summed E-state index contributed by atoms with van der Waals surface area (Å²) in [5.41, 5.74) is 4.38. The number of hydrogen-bond donors (Lipinski definition) is 0. The van der Waals surface area contributed by atoms with Crippen molar-refractivity contribution in [2.75, 3.05) is 31.6 Å². The van der Waals surface area contributed by atoms with Crippen molar-refractivity contribution in [3.05, 3.63) is 59.2 Å². The van der Waals surface area contributed by atoms with E-state index in [9.17, 15) is 4.79 Å². The molecule has 2 aromatic rings. The standard InChI is InChI=1S/C22H26N2O2/c1-4-26-17-8-6-16(7-9-17)22(25)24-20-10-5-15(2)13-18(20)19-14-23(3)12-11-21(19)24/h5-10,13,19,21H,4,11-12,14H2,1-3H3/t19-,21+/m0/s1. The average molecular weight is 350 g/mol. The van der Waals surface area contributed by atoms with Crippen molar-refractivity contribution in [1.29, 1.82) is 0 Å². The molecule has 0 bridgehead atoms. The minimum atomic E-state index is 0.0928. The van der Waals surface area contributed by atoms with Gasteiger partial charge in [0.1, 0.15) is 5.75 Å². The van der Waals surface area contributed by atoms with Gasteiger partial charge in [0, 0.05) is 29.8 Å². The number of carbonyl (C=O) groups excluding carboxylic acids is 1. The van der Waals surface area contributed by atoms with Crippen LogP contribution in [0.2, 0.25) is 0 Å². The third-order valence-electron chi connectivity index (χ3n) is 5.58. The summed E-state index contributed by atoms with van der Waals surface area (Å²) in [6.45, 7) is 6.75. The Balaban J connectivity index is 1.70. The zero-order valence-electron chi connectivity index (χ0n) is 15.7. The van der Waals surface area contributed by atoms with Gasteiger partial charge in [0.2, 0.25) is 0 Å². The van der Waals surface area contributed by atoms with E-state index < -0.39 is 0 Å². The average Bonchev–Trinajstić information content (AvgIpc) is 2.95. The molecule has 26 heavy (non-hydrogen) atoms. The number of likely N-dealkylation sites (tertiary alicyclic amines) is 1. The smallest absolute Gasteiger partial charge is 0.258 e. The first-order valence-electron chi connectivity index (χ1n) is 9.44. The number of benzene rings is 2. The fourth-order valence-corrected chi connectivity index (χ4v) is 4.35. The highest BCUT2D eigenvalue weighted by atomic mass is 16.5. The summed E-state index contributed by atoms with van der Waals surface area (Å²) in [4.78, 5) is 17.8. The van der Waals surface area contributed by atoms with Crippen LogP contribution in [0.3, 0.4) is 0 Å². The van der Waals surface area contributed by atoms with Crippen LogP contribution in [-0.2, 0) is 0 Å². The molecule has 2 aliphatic rings. The van der Waals surface area contributed by atoms with Crippen LogP contribution < -0.4 is 9.64 Å². The number of hydrogen-bond acceptors (Lipinski definition) is 3. The van der Waals surface area contributed by atoms with Gasteiger partial charge in [-0.05, 0) is 69.8 Å². The molecule has 0 spiro atoms. The number of anilines is 1. The first kappa shape index (κ1) is 17.1. The molecular formula is C22H26N2O2. The third kappa shape index (κ3) is 2.88. The molecule has 2 atom stereocenters. The predicted octanol–water partition coefficient (Wildman–Crippen LogP) is 3.84. The van der Waals surface area contributed by atoms with Gasteiger partial charge in [-0.15, -0.1) is 0 Å². The summed E-state index contributed by atoms with van der Waals surface area (Å²) in [6.07, 6.45) is 1.01. The molecule has 4 rings (SSSR count). The number of likely N-dealkylation sites (N-methyl/N-ethyl adjacent to an activating group) is 1. The lowest BCUT2D eigenvalue weighted by Crippen LogP contribution is -2.47. The van der Waals surface area contributed by atoms with Crippen LogP contribution >= 0.6 is 0 Å². The van der Waals surface area contributed by atoms with Crippen molar-refractivity contribution in [3.63, 3.8) is 0 Å². The number of piperidine rings is 1. The lowest BCUT2D eigenvalue weighted by atomic mass is 9.88. The second-order valence-electron chi connectivity index (χ2n) is 7.42. The predicted molar refractivity (Wildman–Crippen MR) is 104 cm³/mol. The van der Waals surface area contributed by atoms with E-state index in [4.69, 9.17) is 4.74 Å². The minimum Gasteiger partial charge on any atom is -0.494 e. The maximum absolute atomic E-state index is 13.4. The van der Waals surface area contributed by atoms with Gasteiger partial charge in [-0.2, -0.15) is 0 Å². The third-order valence-corrected chi connectivity index (χ3v) is 5.58. The van der Waals surface area contributed by atoms with Crippen LogP contribution in [0.1, 0.15) is 40.7 Å². The van der Waals surface area contributed by atoms with Gasteiger partial charge in [0.05, 0.1) is 6.61 Å². The monoisotopic (exact) mass is 350 g/mol. The maximum atomic E-state index is 13.4. The van der Waals surface area contributed by atoms with Crippen LogP contribution in [-0.4, -0.2) is 43.6 Å². The SMILES string of the molecule is CCOc1ccc(C(=O)N2c3ccc(C)cc3[C@@H]3CN(C)CC[C@H]32)cc1. The highest BCUT2D eigenvalue weighted by molar-refractivity contribution is 6.08. The molecule has 1 fully saturated rings. The first-order valence-corrected chi connectivity index (χ1v) is 9.44. The van der Waals surface area contributed by atoms with E-state index >= 15 is 0 Å². The molecule has 0 saturated carbocycles. The van der Waals surface area contributed by atoms with Crippen LogP contribution in [0.5, 0.6) is 5.75 Å². The Morgan fingerprint density at radius 1 is 1.19 bits per heavy atom. The van der Waals surface area contributed by atoms with Crippen LogP contribution in [0.4, 0.5) is 5.69 Å². The molecule has 2 heterocycles. The van der Waals surface area contributed by atoms with Gasteiger partial charge >= 0.3 is 0 Å². The molecule has 0 aromatic heterocycles. The van der Waals surface area contributed by atoms with E-state index in [0.29, 0.717) is 12.5 Å². The van der Waals surface area contributed by atoms with E-state index in [1.54, 1.807) is 0 Å². The van der Waals surface area contributed by atoms with Crippen molar-refractivity contribution >= 4 is 11.6 Å². The van der Waals surface area contributed by atoms with E-state index in [0.717, 1.165) is 36.5 Å². The number of rotatable bonds is 3. The van der Waals surface area contributed by atoms with E-state index in [1.807, 2.05) is 36.1 Å². The van der Waals surface area contributed by atoms with Gasteiger partial charge < -0.3 is 14.5 Å². The Bertz CT molecular complexity index is 815. The topological polar surface area (TPSA) is 32.8 Å². The Hall–Kier alpha value is -2.33. The molecule has 4 heteroatoms. The second-order valence-corrected chi connectivity index (χ2v) is 7.42. The van der Waals surface area contributed by atoms with E-state index in [-0.39, 0.29) is 11.9 Å². The number of fused-ring (bicyclic) bond motifs is 3. The molecule has 2 aromatic carbocycles. The Morgan fingerprint density at radius 2 is 1.96 bits per heavy atom. The van der Waals surface area contributed by atoms with Crippen molar-refractivity contribution in [1.82, 2.24) is 4.90 Å². The van der Waals surface area contributed by atoms with Gasteiger partial charge in [-0.25, -0.2) is 0 Å². The first-order chi connectivity index (χ1) is 12.6. The Labute approximate surface area is 155 Å². The van der Waals surface area contributed by atoms with Crippen molar-refractivity contribution in [2.24, 2.45) is 0 Å². The second kappa shape index (κ2) is 6.76. The normalized spacial score (nSPS) is 22.0. The molecule has 1 saturated heterocycles. The lowest BCUT2D eigenvalue weighted by Gasteiger charge is -2.36. The molecule has 2 aliphatic heterocycles. The zero-order valence-corrected chi connectivity index (χ0v) is 15.7. The molecule has 0 unspecified atom stereocenters. The number of carbonyl (C=O) groups is 1. The van der Waals surface area contributed by atoms with Crippen molar-refractivity contribution < 1.29 is 9.53 Å². The lowest BCUT2D eigenvalue weighted by molar-refractivity contribution is 0.0964. The largest absolute Gasteiger partial charge is 0.494 e.